The van der Waals surface area contributed by atoms with Gasteiger partial charge in [0.15, 0.2) is 5.82 Å². The molecule has 1 aromatic rings. The Labute approximate surface area is 229 Å². The molecule has 3 N–H and O–H groups in total. The van der Waals surface area contributed by atoms with Crippen LogP contribution in [0.25, 0.3) is 0 Å². The highest BCUT2D eigenvalue weighted by Crippen LogP contribution is 2.66. The molecule has 1 unspecified atom stereocenters. The first-order valence-electron chi connectivity index (χ1n) is 15.4. The standard InChI is InChI=1S/C30H52N4O4/c1-6-9-22-27-23(30(5)14-11-20(35)16-24(30)21(7-2)28(27)38)12-13-29(22,4)18-19(3)10-8-15-34-32-25(31-33-34)17-26(36)37/h19-24,27-28,35,38H,6-18H2,1-5H3,(H,36,37)/t19-,20-,21-,22+,23+,24?,27+,28-,29-,30-/m1/s1. The molecular weight excluding hydrogens is 480 g/mol. The summed E-state index contributed by atoms with van der Waals surface area (Å²) in [4.78, 5) is 12.4. The van der Waals surface area contributed by atoms with Crippen LogP contribution in [0.5, 0.6) is 0 Å². The van der Waals surface area contributed by atoms with Crippen LogP contribution >= 0.6 is 0 Å². The van der Waals surface area contributed by atoms with Crippen LogP contribution in [0.15, 0.2) is 0 Å². The molecule has 0 aliphatic heterocycles. The van der Waals surface area contributed by atoms with E-state index in [1.165, 1.54) is 24.1 Å². The molecule has 216 valence electrons. The molecule has 0 aromatic carbocycles. The summed E-state index contributed by atoms with van der Waals surface area (Å²) >= 11 is 0. The van der Waals surface area contributed by atoms with E-state index < -0.39 is 5.97 Å². The number of hydrogen-bond acceptors (Lipinski definition) is 6. The average Bonchev–Trinajstić information content (AvgIpc) is 3.28. The van der Waals surface area contributed by atoms with Gasteiger partial charge in [0.25, 0.3) is 0 Å². The summed E-state index contributed by atoms with van der Waals surface area (Å²) in [5, 5.41) is 43.5. The Balaban J connectivity index is 1.44. The molecule has 38 heavy (non-hydrogen) atoms. The lowest BCUT2D eigenvalue weighted by atomic mass is 9.41. The number of aliphatic carboxylic acids is 1. The van der Waals surface area contributed by atoms with Crippen molar-refractivity contribution in [2.45, 2.75) is 130 Å². The third-order valence-electron chi connectivity index (χ3n) is 11.2. The summed E-state index contributed by atoms with van der Waals surface area (Å²) in [5.74, 6) is 2.02. The van der Waals surface area contributed by atoms with Gasteiger partial charge in [-0.15, -0.1) is 10.2 Å². The van der Waals surface area contributed by atoms with Crippen molar-refractivity contribution in [1.29, 1.82) is 0 Å². The average molecular weight is 533 g/mol. The summed E-state index contributed by atoms with van der Waals surface area (Å²) in [6, 6.07) is 0. The number of aromatic nitrogens is 4. The number of aliphatic hydroxyl groups excluding tert-OH is 2. The molecule has 10 atom stereocenters. The van der Waals surface area contributed by atoms with Crippen LogP contribution in [-0.2, 0) is 17.8 Å². The second-order valence-electron chi connectivity index (χ2n) is 13.7. The summed E-state index contributed by atoms with van der Waals surface area (Å²) in [6.45, 7) is 12.6. The number of rotatable bonds is 11. The van der Waals surface area contributed by atoms with Crippen LogP contribution in [0.4, 0.5) is 0 Å². The van der Waals surface area contributed by atoms with Crippen LogP contribution in [0.2, 0.25) is 0 Å². The smallest absolute Gasteiger partial charge is 0.311 e. The molecule has 3 fully saturated rings. The highest BCUT2D eigenvalue weighted by molar-refractivity contribution is 5.68. The fraction of sp³-hybridized carbons (Fsp3) is 0.933. The maximum Gasteiger partial charge on any atom is 0.311 e. The van der Waals surface area contributed by atoms with E-state index in [1.807, 2.05) is 0 Å². The van der Waals surface area contributed by atoms with Crippen LogP contribution in [0.1, 0.15) is 111 Å². The van der Waals surface area contributed by atoms with Gasteiger partial charge in [-0.2, -0.15) is 4.80 Å². The molecule has 3 aliphatic carbocycles. The molecular formula is C30H52N4O4. The molecule has 8 nitrogen and oxygen atoms in total. The van der Waals surface area contributed by atoms with Gasteiger partial charge in [0, 0.05) is 0 Å². The van der Waals surface area contributed by atoms with E-state index >= 15 is 0 Å². The van der Waals surface area contributed by atoms with Gasteiger partial charge in [-0.05, 0) is 109 Å². The molecule has 1 heterocycles. The van der Waals surface area contributed by atoms with Crippen LogP contribution in [0.3, 0.4) is 0 Å². The number of fused-ring (bicyclic) bond motifs is 3. The first-order valence-corrected chi connectivity index (χ1v) is 15.4. The monoisotopic (exact) mass is 532 g/mol. The van der Waals surface area contributed by atoms with Gasteiger partial charge >= 0.3 is 5.97 Å². The Bertz CT molecular complexity index is 939. The molecule has 0 amide bonds. The topological polar surface area (TPSA) is 121 Å². The van der Waals surface area contributed by atoms with Gasteiger partial charge in [-0.25, -0.2) is 0 Å². The van der Waals surface area contributed by atoms with Crippen molar-refractivity contribution in [2.24, 2.45) is 46.3 Å². The van der Waals surface area contributed by atoms with Crippen molar-refractivity contribution in [3.8, 4) is 0 Å². The molecule has 1 aromatic heterocycles. The fourth-order valence-corrected chi connectivity index (χ4v) is 9.53. The maximum absolute atomic E-state index is 12.0. The van der Waals surface area contributed by atoms with Crippen molar-refractivity contribution in [3.63, 3.8) is 0 Å². The molecule has 0 spiro atoms. The second kappa shape index (κ2) is 11.9. The zero-order chi connectivity index (χ0) is 27.7. The molecule has 0 saturated heterocycles. The quantitative estimate of drug-likeness (QED) is 0.361. The van der Waals surface area contributed by atoms with E-state index in [4.69, 9.17) is 5.11 Å². The molecule has 4 rings (SSSR count). The van der Waals surface area contributed by atoms with Gasteiger partial charge in [0.2, 0.25) is 0 Å². The largest absolute Gasteiger partial charge is 0.481 e. The molecule has 0 radical (unpaired) electrons. The SMILES string of the molecule is CCC[C@H]1[C@@H]2[C@H](O)[C@H](CC)C3C[C@H](O)CC[C@]3(C)[C@H]2CC[C@]1(C)C[C@H](C)CCCn1nnc(CC(=O)O)n1. The van der Waals surface area contributed by atoms with Crippen molar-refractivity contribution in [1.82, 2.24) is 20.2 Å². The normalized spacial score (nSPS) is 39.8. The third-order valence-corrected chi connectivity index (χ3v) is 11.2. The summed E-state index contributed by atoms with van der Waals surface area (Å²) in [5.41, 5.74) is 0.445. The van der Waals surface area contributed by atoms with Crippen molar-refractivity contribution in [2.75, 3.05) is 0 Å². The van der Waals surface area contributed by atoms with E-state index in [1.54, 1.807) is 0 Å². The van der Waals surface area contributed by atoms with E-state index in [0.717, 1.165) is 51.4 Å². The Morgan fingerprint density at radius 2 is 1.92 bits per heavy atom. The van der Waals surface area contributed by atoms with Gasteiger partial charge < -0.3 is 15.3 Å². The van der Waals surface area contributed by atoms with Crippen LogP contribution in [-0.4, -0.2) is 53.7 Å². The summed E-state index contributed by atoms with van der Waals surface area (Å²) in [6.07, 6.45) is 11.1. The highest BCUT2D eigenvalue weighted by Gasteiger charge is 2.62. The minimum absolute atomic E-state index is 0.194. The number of carboxylic acids is 1. The number of tetrazole rings is 1. The van der Waals surface area contributed by atoms with Gasteiger partial charge in [-0.1, -0.05) is 47.5 Å². The number of nitrogens with zero attached hydrogens (tertiary/aromatic N) is 4. The summed E-state index contributed by atoms with van der Waals surface area (Å²) in [7, 11) is 0. The van der Waals surface area contributed by atoms with Crippen LogP contribution < -0.4 is 0 Å². The minimum Gasteiger partial charge on any atom is -0.481 e. The number of carbonyl (C=O) groups is 1. The predicted molar refractivity (Wildman–Crippen MR) is 146 cm³/mol. The van der Waals surface area contributed by atoms with E-state index in [-0.39, 0.29) is 41.2 Å². The number of aryl methyl sites for hydroxylation is 1. The Hall–Kier alpha value is -1.54. The van der Waals surface area contributed by atoms with Crippen molar-refractivity contribution < 1.29 is 20.1 Å². The van der Waals surface area contributed by atoms with Gasteiger partial charge in [-0.3, -0.25) is 4.79 Å². The number of hydrogen-bond donors (Lipinski definition) is 3. The Morgan fingerprint density at radius 1 is 1.16 bits per heavy atom. The maximum atomic E-state index is 12.0. The van der Waals surface area contributed by atoms with Crippen molar-refractivity contribution in [3.05, 3.63) is 5.82 Å². The summed E-state index contributed by atoms with van der Waals surface area (Å²) < 4.78 is 0. The molecule has 3 aliphatic rings. The Kier molecular flexibility index (Phi) is 9.23. The van der Waals surface area contributed by atoms with E-state index in [0.29, 0.717) is 36.1 Å². The van der Waals surface area contributed by atoms with Gasteiger partial charge in [0.1, 0.15) is 6.42 Å². The zero-order valence-electron chi connectivity index (χ0n) is 24.3. The number of carboxylic acid groups (broad SMARTS) is 1. The molecule has 3 saturated carbocycles. The minimum atomic E-state index is -0.943. The molecule has 0 bridgehead atoms. The third kappa shape index (κ3) is 5.81. The zero-order valence-corrected chi connectivity index (χ0v) is 24.3. The number of aliphatic hydroxyl groups is 2. The fourth-order valence-electron chi connectivity index (χ4n) is 9.53. The van der Waals surface area contributed by atoms with Crippen LogP contribution in [0, 0.1) is 46.3 Å². The van der Waals surface area contributed by atoms with E-state index in [9.17, 15) is 15.0 Å². The lowest BCUT2D eigenvalue weighted by Gasteiger charge is -2.65. The first-order chi connectivity index (χ1) is 18.0. The van der Waals surface area contributed by atoms with E-state index in [2.05, 4.69) is 50.0 Å². The van der Waals surface area contributed by atoms with Gasteiger partial charge in [0.05, 0.1) is 18.8 Å². The lowest BCUT2D eigenvalue weighted by molar-refractivity contribution is -0.206. The lowest BCUT2D eigenvalue weighted by Crippen LogP contribution is -2.62. The second-order valence-corrected chi connectivity index (χ2v) is 13.7. The Morgan fingerprint density at radius 3 is 2.61 bits per heavy atom. The molecule has 8 heteroatoms. The predicted octanol–water partition coefficient (Wildman–Crippen LogP) is 5.12. The first kappa shape index (κ1) is 29.4. The van der Waals surface area contributed by atoms with Crippen molar-refractivity contribution >= 4 is 5.97 Å². The highest BCUT2D eigenvalue weighted by atomic mass is 16.4.